The van der Waals surface area contributed by atoms with Crippen LogP contribution in [0.2, 0.25) is 0 Å². The second-order valence-corrected chi connectivity index (χ2v) is 5.96. The molecule has 0 bridgehead atoms. The summed E-state index contributed by atoms with van der Waals surface area (Å²) in [6, 6.07) is 12.6. The fraction of sp³-hybridized carbons (Fsp3) is 0.316. The fourth-order valence-corrected chi connectivity index (χ4v) is 2.79. The predicted octanol–water partition coefficient (Wildman–Crippen LogP) is 3.99. The van der Waals surface area contributed by atoms with E-state index in [1.54, 1.807) is 0 Å². The second kappa shape index (κ2) is 5.93. The molecule has 0 aliphatic heterocycles. The van der Waals surface area contributed by atoms with Crippen molar-refractivity contribution < 1.29 is 5.11 Å². The quantitative estimate of drug-likeness (QED) is 0.790. The number of benzene rings is 1. The van der Waals surface area contributed by atoms with Gasteiger partial charge in [0.05, 0.1) is 17.5 Å². The van der Waals surface area contributed by atoms with Gasteiger partial charge in [-0.3, -0.25) is 0 Å². The lowest BCUT2D eigenvalue weighted by molar-refractivity contribution is 0.167. The van der Waals surface area contributed by atoms with E-state index < -0.39 is 6.10 Å². The maximum Gasteiger partial charge on any atom is 0.137 e. The van der Waals surface area contributed by atoms with Gasteiger partial charge in [-0.05, 0) is 37.5 Å². The van der Waals surface area contributed by atoms with Crippen molar-refractivity contribution >= 4 is 5.65 Å². The number of nitrogens with zero attached hydrogens (tertiary/aromatic N) is 2. The Morgan fingerprint density at radius 2 is 1.73 bits per heavy atom. The number of hydrogen-bond donors (Lipinski definition) is 1. The zero-order chi connectivity index (χ0) is 15.7. The molecular weight excluding hydrogens is 272 g/mol. The third kappa shape index (κ3) is 2.77. The van der Waals surface area contributed by atoms with E-state index in [0.717, 1.165) is 29.0 Å². The van der Waals surface area contributed by atoms with Crippen molar-refractivity contribution in [3.63, 3.8) is 0 Å². The van der Waals surface area contributed by atoms with Crippen LogP contribution in [0.5, 0.6) is 0 Å². The van der Waals surface area contributed by atoms with E-state index in [4.69, 9.17) is 4.98 Å². The number of imidazole rings is 1. The van der Waals surface area contributed by atoms with Crippen LogP contribution in [0.25, 0.3) is 5.65 Å². The van der Waals surface area contributed by atoms with E-state index in [1.807, 2.05) is 17.4 Å². The molecule has 114 valence electrons. The summed E-state index contributed by atoms with van der Waals surface area (Å²) in [5, 5.41) is 10.4. The summed E-state index contributed by atoms with van der Waals surface area (Å²) >= 11 is 0. The van der Waals surface area contributed by atoms with Gasteiger partial charge in [0.25, 0.3) is 0 Å². The maximum atomic E-state index is 10.4. The van der Waals surface area contributed by atoms with Crippen LogP contribution in [0.15, 0.2) is 42.6 Å². The van der Waals surface area contributed by atoms with Crippen LogP contribution in [-0.4, -0.2) is 14.5 Å². The summed E-state index contributed by atoms with van der Waals surface area (Å²) in [5.41, 5.74) is 6.41. The molecule has 3 nitrogen and oxygen atoms in total. The van der Waals surface area contributed by atoms with Gasteiger partial charge in [-0.25, -0.2) is 4.98 Å². The van der Waals surface area contributed by atoms with Crippen molar-refractivity contribution in [2.75, 3.05) is 0 Å². The summed E-state index contributed by atoms with van der Waals surface area (Å²) in [6.45, 7) is 6.14. The largest absolute Gasteiger partial charge is 0.387 e. The molecule has 3 heteroatoms. The van der Waals surface area contributed by atoms with Crippen molar-refractivity contribution in [2.45, 2.75) is 39.7 Å². The average molecular weight is 294 g/mol. The first-order valence-electron chi connectivity index (χ1n) is 7.79. The SMILES string of the molecule is CCC(O)c1c(Cc2ccc(C)cc2)nc2ccc(C)cn12. The van der Waals surface area contributed by atoms with Crippen molar-refractivity contribution in [3.8, 4) is 0 Å². The van der Waals surface area contributed by atoms with Crippen LogP contribution < -0.4 is 0 Å². The molecule has 0 aliphatic rings. The van der Waals surface area contributed by atoms with Gasteiger partial charge in [0, 0.05) is 12.6 Å². The molecule has 0 radical (unpaired) electrons. The molecule has 1 aromatic carbocycles. The maximum absolute atomic E-state index is 10.4. The number of aromatic nitrogens is 2. The minimum Gasteiger partial charge on any atom is -0.387 e. The molecule has 0 fully saturated rings. The molecule has 0 saturated heterocycles. The average Bonchev–Trinajstić information content (AvgIpc) is 2.86. The van der Waals surface area contributed by atoms with Crippen molar-refractivity contribution in [1.82, 2.24) is 9.38 Å². The molecule has 2 aromatic heterocycles. The van der Waals surface area contributed by atoms with Crippen LogP contribution in [0.4, 0.5) is 0 Å². The number of aryl methyl sites for hydroxylation is 2. The number of aliphatic hydroxyl groups excluding tert-OH is 1. The molecular formula is C19H22N2O. The topological polar surface area (TPSA) is 37.5 Å². The highest BCUT2D eigenvalue weighted by Crippen LogP contribution is 2.25. The molecule has 1 N–H and O–H groups in total. The third-order valence-corrected chi connectivity index (χ3v) is 4.07. The van der Waals surface area contributed by atoms with Crippen LogP contribution in [0, 0.1) is 13.8 Å². The smallest absolute Gasteiger partial charge is 0.137 e. The normalized spacial score (nSPS) is 12.7. The number of rotatable bonds is 4. The third-order valence-electron chi connectivity index (χ3n) is 4.07. The summed E-state index contributed by atoms with van der Waals surface area (Å²) in [7, 11) is 0. The minimum absolute atomic E-state index is 0.489. The van der Waals surface area contributed by atoms with Gasteiger partial charge in [-0.15, -0.1) is 0 Å². The monoisotopic (exact) mass is 294 g/mol. The number of fused-ring (bicyclic) bond motifs is 1. The Bertz CT molecular complexity index is 787. The Balaban J connectivity index is 2.09. The summed E-state index contributed by atoms with van der Waals surface area (Å²) in [4.78, 5) is 4.74. The van der Waals surface area contributed by atoms with E-state index in [1.165, 1.54) is 11.1 Å². The summed E-state index contributed by atoms with van der Waals surface area (Å²) in [5.74, 6) is 0. The lowest BCUT2D eigenvalue weighted by atomic mass is 10.0. The summed E-state index contributed by atoms with van der Waals surface area (Å²) in [6.07, 6.45) is 2.99. The van der Waals surface area contributed by atoms with Crippen LogP contribution in [0.3, 0.4) is 0 Å². The van der Waals surface area contributed by atoms with Gasteiger partial charge in [0.1, 0.15) is 5.65 Å². The second-order valence-electron chi connectivity index (χ2n) is 5.96. The van der Waals surface area contributed by atoms with Crippen LogP contribution in [-0.2, 0) is 6.42 Å². The van der Waals surface area contributed by atoms with Crippen molar-refractivity contribution in [3.05, 3.63) is 70.7 Å². The van der Waals surface area contributed by atoms with E-state index in [0.29, 0.717) is 6.42 Å². The van der Waals surface area contributed by atoms with E-state index in [9.17, 15) is 5.11 Å². The van der Waals surface area contributed by atoms with Crippen molar-refractivity contribution in [1.29, 1.82) is 0 Å². The van der Waals surface area contributed by atoms with Gasteiger partial charge in [-0.1, -0.05) is 42.8 Å². The Hall–Kier alpha value is -2.13. The molecule has 22 heavy (non-hydrogen) atoms. The molecule has 1 unspecified atom stereocenters. The van der Waals surface area contributed by atoms with Gasteiger partial charge in [0.2, 0.25) is 0 Å². The first-order chi connectivity index (χ1) is 10.6. The first kappa shape index (κ1) is 14.8. The van der Waals surface area contributed by atoms with Gasteiger partial charge < -0.3 is 9.51 Å². The zero-order valence-corrected chi connectivity index (χ0v) is 13.4. The minimum atomic E-state index is -0.489. The molecule has 0 amide bonds. The fourth-order valence-electron chi connectivity index (χ4n) is 2.79. The molecule has 3 aromatic rings. The lowest BCUT2D eigenvalue weighted by Gasteiger charge is -2.11. The van der Waals surface area contributed by atoms with Crippen LogP contribution >= 0.6 is 0 Å². The Labute approximate surface area is 131 Å². The highest BCUT2D eigenvalue weighted by molar-refractivity contribution is 5.46. The predicted molar refractivity (Wildman–Crippen MR) is 89.2 cm³/mol. The van der Waals surface area contributed by atoms with Gasteiger partial charge in [-0.2, -0.15) is 0 Å². The molecule has 2 heterocycles. The molecule has 0 saturated carbocycles. The van der Waals surface area contributed by atoms with Gasteiger partial charge >= 0.3 is 0 Å². The zero-order valence-electron chi connectivity index (χ0n) is 13.4. The highest BCUT2D eigenvalue weighted by Gasteiger charge is 2.18. The number of aliphatic hydroxyl groups is 1. The van der Waals surface area contributed by atoms with Crippen molar-refractivity contribution in [2.24, 2.45) is 0 Å². The van der Waals surface area contributed by atoms with Crippen LogP contribution in [0.1, 0.15) is 47.5 Å². The highest BCUT2D eigenvalue weighted by atomic mass is 16.3. The van der Waals surface area contributed by atoms with Gasteiger partial charge in [0.15, 0.2) is 0 Å². The Morgan fingerprint density at radius 3 is 2.41 bits per heavy atom. The molecule has 0 spiro atoms. The van der Waals surface area contributed by atoms with E-state index in [-0.39, 0.29) is 0 Å². The summed E-state index contributed by atoms with van der Waals surface area (Å²) < 4.78 is 2.03. The molecule has 3 rings (SSSR count). The lowest BCUT2D eigenvalue weighted by Crippen LogP contribution is -2.05. The number of pyridine rings is 1. The number of hydrogen-bond acceptors (Lipinski definition) is 2. The standard InChI is InChI=1S/C19H22N2O/c1-4-17(22)19-16(11-15-8-5-13(2)6-9-15)20-18-10-7-14(3)12-21(18)19/h5-10,12,17,22H,4,11H2,1-3H3. The first-order valence-corrected chi connectivity index (χ1v) is 7.79. The van der Waals surface area contributed by atoms with E-state index >= 15 is 0 Å². The Morgan fingerprint density at radius 1 is 1.05 bits per heavy atom. The molecule has 1 atom stereocenters. The molecule has 0 aliphatic carbocycles. The van der Waals surface area contributed by atoms with E-state index in [2.05, 4.69) is 50.4 Å². The Kier molecular flexibility index (Phi) is 3.99.